The van der Waals surface area contributed by atoms with E-state index in [0.29, 0.717) is 11.3 Å². The van der Waals surface area contributed by atoms with Gasteiger partial charge in [-0.25, -0.2) is 0 Å². The molecule has 0 saturated carbocycles. The third kappa shape index (κ3) is 2.40. The first-order valence-electron chi connectivity index (χ1n) is 5.90. The van der Waals surface area contributed by atoms with Gasteiger partial charge in [0.1, 0.15) is 0 Å². The number of amides is 1. The van der Waals surface area contributed by atoms with E-state index in [-0.39, 0.29) is 11.3 Å². The molecule has 0 radical (unpaired) electrons. The Balaban J connectivity index is 2.21. The van der Waals surface area contributed by atoms with Gasteiger partial charge in [0, 0.05) is 30.7 Å². The quantitative estimate of drug-likeness (QED) is 0.805. The molecule has 17 heavy (non-hydrogen) atoms. The number of nitrogens with two attached hydrogens (primary N) is 1. The van der Waals surface area contributed by atoms with Crippen LogP contribution < -0.4 is 5.73 Å². The van der Waals surface area contributed by atoms with Crippen molar-refractivity contribution in [2.75, 3.05) is 18.8 Å². The van der Waals surface area contributed by atoms with Crippen LogP contribution in [0, 0.1) is 12.3 Å². The predicted octanol–water partition coefficient (Wildman–Crippen LogP) is 1.84. The Morgan fingerprint density at radius 2 is 2.24 bits per heavy atom. The molecule has 4 nitrogen and oxygen atoms in total. The van der Waals surface area contributed by atoms with Gasteiger partial charge >= 0.3 is 0 Å². The van der Waals surface area contributed by atoms with Gasteiger partial charge in [0.25, 0.3) is 5.91 Å². The lowest BCUT2D eigenvalue weighted by Crippen LogP contribution is -2.30. The molecule has 1 aliphatic heterocycles. The zero-order valence-corrected chi connectivity index (χ0v) is 10.7. The number of aryl methyl sites for hydroxylation is 1. The molecule has 0 aromatic carbocycles. The van der Waals surface area contributed by atoms with Crippen molar-refractivity contribution < 1.29 is 4.79 Å². The normalized spacial score (nSPS) is 18.4. The molecular weight excluding hydrogens is 214 g/mol. The Labute approximate surface area is 102 Å². The van der Waals surface area contributed by atoms with E-state index in [9.17, 15) is 4.79 Å². The Bertz CT molecular complexity index is 454. The lowest BCUT2D eigenvalue weighted by atomic mass is 9.93. The molecular formula is C13H19N3O. The fraction of sp³-hybridized carbons (Fsp3) is 0.538. The maximum Gasteiger partial charge on any atom is 0.257 e. The number of hydrogen-bond donors (Lipinski definition) is 1. The molecule has 0 bridgehead atoms. The fourth-order valence-electron chi connectivity index (χ4n) is 2.22. The van der Waals surface area contributed by atoms with Crippen LogP contribution in [0.25, 0.3) is 0 Å². The standard InChI is InChI=1S/C13H19N3O/c1-9-6-11(14)10(7-15-9)12(17)16-5-4-13(2,3)8-16/h6-7H,4-5,8H2,1-3H3,(H2,14,15). The van der Waals surface area contributed by atoms with Gasteiger partial charge in [-0.2, -0.15) is 0 Å². The number of aromatic nitrogens is 1. The van der Waals surface area contributed by atoms with E-state index >= 15 is 0 Å². The van der Waals surface area contributed by atoms with Crippen molar-refractivity contribution >= 4 is 11.6 Å². The Hall–Kier alpha value is -1.58. The summed E-state index contributed by atoms with van der Waals surface area (Å²) in [7, 11) is 0. The lowest BCUT2D eigenvalue weighted by molar-refractivity contribution is 0.0779. The van der Waals surface area contributed by atoms with Crippen molar-refractivity contribution in [3.05, 3.63) is 23.5 Å². The number of carbonyl (C=O) groups is 1. The molecule has 92 valence electrons. The van der Waals surface area contributed by atoms with E-state index in [2.05, 4.69) is 18.8 Å². The molecule has 1 aromatic heterocycles. The minimum Gasteiger partial charge on any atom is -0.398 e. The lowest BCUT2D eigenvalue weighted by Gasteiger charge is -2.20. The van der Waals surface area contributed by atoms with E-state index < -0.39 is 0 Å². The smallest absolute Gasteiger partial charge is 0.257 e. The number of nitrogen functional groups attached to an aromatic ring is 1. The second kappa shape index (κ2) is 4.02. The number of likely N-dealkylation sites (tertiary alicyclic amines) is 1. The van der Waals surface area contributed by atoms with Gasteiger partial charge in [-0.05, 0) is 24.8 Å². The van der Waals surface area contributed by atoms with Crippen LogP contribution in [0.2, 0.25) is 0 Å². The summed E-state index contributed by atoms with van der Waals surface area (Å²) in [6.45, 7) is 7.82. The molecule has 1 aliphatic rings. The van der Waals surface area contributed by atoms with Crippen molar-refractivity contribution in [3.8, 4) is 0 Å². The van der Waals surface area contributed by atoms with Crippen molar-refractivity contribution in [2.24, 2.45) is 5.41 Å². The molecule has 1 aromatic rings. The summed E-state index contributed by atoms with van der Waals surface area (Å²) in [6.07, 6.45) is 2.62. The molecule has 1 amide bonds. The maximum absolute atomic E-state index is 12.3. The average Bonchev–Trinajstić information content (AvgIpc) is 2.58. The first-order valence-corrected chi connectivity index (χ1v) is 5.90. The third-order valence-electron chi connectivity index (χ3n) is 3.27. The van der Waals surface area contributed by atoms with Crippen molar-refractivity contribution in [1.29, 1.82) is 0 Å². The van der Waals surface area contributed by atoms with Crippen molar-refractivity contribution in [3.63, 3.8) is 0 Å². The maximum atomic E-state index is 12.3. The van der Waals surface area contributed by atoms with Crippen LogP contribution in [-0.4, -0.2) is 28.9 Å². The molecule has 2 rings (SSSR count). The second-order valence-electron chi connectivity index (χ2n) is 5.55. The van der Waals surface area contributed by atoms with E-state index in [0.717, 1.165) is 25.2 Å². The van der Waals surface area contributed by atoms with Crippen LogP contribution in [-0.2, 0) is 0 Å². The van der Waals surface area contributed by atoms with Gasteiger partial charge in [-0.3, -0.25) is 9.78 Å². The van der Waals surface area contributed by atoms with Gasteiger partial charge in [-0.15, -0.1) is 0 Å². The summed E-state index contributed by atoms with van der Waals surface area (Å²) in [5.74, 6) is 0.000532. The van der Waals surface area contributed by atoms with Crippen LogP contribution in [0.1, 0.15) is 36.3 Å². The number of rotatable bonds is 1. The summed E-state index contributed by atoms with van der Waals surface area (Å²) in [6, 6.07) is 1.74. The molecule has 0 unspecified atom stereocenters. The topological polar surface area (TPSA) is 59.2 Å². The summed E-state index contributed by atoms with van der Waals surface area (Å²) in [5, 5.41) is 0. The number of pyridine rings is 1. The van der Waals surface area contributed by atoms with Gasteiger partial charge < -0.3 is 10.6 Å². The predicted molar refractivity (Wildman–Crippen MR) is 67.7 cm³/mol. The zero-order valence-electron chi connectivity index (χ0n) is 10.7. The van der Waals surface area contributed by atoms with Crippen LogP contribution in [0.5, 0.6) is 0 Å². The van der Waals surface area contributed by atoms with Gasteiger partial charge in [0.05, 0.1) is 5.56 Å². The fourth-order valence-corrected chi connectivity index (χ4v) is 2.22. The molecule has 4 heteroatoms. The summed E-state index contributed by atoms with van der Waals surface area (Å²) >= 11 is 0. The first-order chi connectivity index (χ1) is 7.89. The van der Waals surface area contributed by atoms with Crippen LogP contribution in [0.3, 0.4) is 0 Å². The molecule has 1 saturated heterocycles. The highest BCUT2D eigenvalue weighted by molar-refractivity contribution is 5.99. The zero-order chi connectivity index (χ0) is 12.6. The second-order valence-corrected chi connectivity index (χ2v) is 5.55. The van der Waals surface area contributed by atoms with E-state index in [1.54, 1.807) is 12.3 Å². The Morgan fingerprint density at radius 3 is 2.76 bits per heavy atom. The van der Waals surface area contributed by atoms with E-state index in [1.807, 2.05) is 11.8 Å². The number of nitrogens with zero attached hydrogens (tertiary/aromatic N) is 2. The monoisotopic (exact) mass is 233 g/mol. The number of hydrogen-bond acceptors (Lipinski definition) is 3. The SMILES string of the molecule is Cc1cc(N)c(C(=O)N2CCC(C)(C)C2)cn1. The van der Waals surface area contributed by atoms with Gasteiger partial charge in [0.2, 0.25) is 0 Å². The van der Waals surface area contributed by atoms with Crippen LogP contribution in [0.15, 0.2) is 12.3 Å². The van der Waals surface area contributed by atoms with Gasteiger partial charge in [0.15, 0.2) is 0 Å². The molecule has 2 heterocycles. The molecule has 0 spiro atoms. The molecule has 1 fully saturated rings. The number of carbonyl (C=O) groups excluding carboxylic acids is 1. The minimum absolute atomic E-state index is 0.000532. The first kappa shape index (κ1) is 11.9. The third-order valence-corrected chi connectivity index (χ3v) is 3.27. The number of anilines is 1. The molecule has 2 N–H and O–H groups in total. The highest BCUT2D eigenvalue weighted by atomic mass is 16.2. The van der Waals surface area contributed by atoms with Crippen molar-refractivity contribution in [1.82, 2.24) is 9.88 Å². The van der Waals surface area contributed by atoms with Gasteiger partial charge in [-0.1, -0.05) is 13.8 Å². The average molecular weight is 233 g/mol. The largest absolute Gasteiger partial charge is 0.398 e. The molecule has 0 aliphatic carbocycles. The highest BCUT2D eigenvalue weighted by Gasteiger charge is 2.33. The Kier molecular flexibility index (Phi) is 2.81. The van der Waals surface area contributed by atoms with Crippen LogP contribution >= 0.6 is 0 Å². The summed E-state index contributed by atoms with van der Waals surface area (Å²) in [5.41, 5.74) is 7.96. The van der Waals surface area contributed by atoms with Crippen molar-refractivity contribution in [2.45, 2.75) is 27.2 Å². The highest BCUT2D eigenvalue weighted by Crippen LogP contribution is 2.30. The minimum atomic E-state index is 0.000532. The Morgan fingerprint density at radius 1 is 1.53 bits per heavy atom. The van der Waals surface area contributed by atoms with E-state index in [1.165, 1.54) is 0 Å². The van der Waals surface area contributed by atoms with Crippen LogP contribution in [0.4, 0.5) is 5.69 Å². The summed E-state index contributed by atoms with van der Waals surface area (Å²) in [4.78, 5) is 18.3. The molecule has 0 atom stereocenters. The summed E-state index contributed by atoms with van der Waals surface area (Å²) < 4.78 is 0. The van der Waals surface area contributed by atoms with E-state index in [4.69, 9.17) is 5.73 Å².